The van der Waals surface area contributed by atoms with Crippen LogP contribution in [0.4, 0.5) is 0 Å². The zero-order chi connectivity index (χ0) is 14.4. The van der Waals surface area contributed by atoms with Crippen molar-refractivity contribution >= 4 is 0 Å². The molecule has 1 aromatic rings. The molecule has 116 valence electrons. The van der Waals surface area contributed by atoms with Crippen LogP contribution in [0, 0.1) is 6.92 Å². The van der Waals surface area contributed by atoms with Gasteiger partial charge in [0.15, 0.2) is 5.79 Å². The molecule has 2 fully saturated rings. The third-order valence-corrected chi connectivity index (χ3v) is 5.36. The van der Waals surface area contributed by atoms with E-state index in [1.807, 2.05) is 0 Å². The summed E-state index contributed by atoms with van der Waals surface area (Å²) in [5.41, 5.74) is 9.17. The van der Waals surface area contributed by atoms with Crippen molar-refractivity contribution < 1.29 is 9.47 Å². The Labute approximate surface area is 125 Å². The number of ether oxygens (including phenoxy) is 2. The maximum absolute atomic E-state index is 6.46. The van der Waals surface area contributed by atoms with E-state index < -0.39 is 5.79 Å². The van der Waals surface area contributed by atoms with Gasteiger partial charge < -0.3 is 19.8 Å². The van der Waals surface area contributed by atoms with Gasteiger partial charge in [-0.3, -0.25) is 0 Å². The minimum Gasteiger partial charge on any atom is -0.347 e. The van der Waals surface area contributed by atoms with Crippen LogP contribution in [-0.2, 0) is 22.3 Å². The standard InChI is InChI=1S/C16H25N3O2/c1-11-18-13-4-2-3-5-14(13)19(11)15-10-16(7-6-12(15)17)20-8-9-21-16/h12,15H,2-10,17H2,1H3. The molecule has 1 saturated heterocycles. The Hall–Kier alpha value is -0.910. The van der Waals surface area contributed by atoms with E-state index in [4.69, 9.17) is 20.2 Å². The van der Waals surface area contributed by atoms with Gasteiger partial charge in [-0.05, 0) is 39.0 Å². The number of rotatable bonds is 1. The summed E-state index contributed by atoms with van der Waals surface area (Å²) in [6, 6.07) is 0.425. The zero-order valence-electron chi connectivity index (χ0n) is 12.8. The van der Waals surface area contributed by atoms with Gasteiger partial charge in [0.05, 0.1) is 24.9 Å². The van der Waals surface area contributed by atoms with E-state index in [-0.39, 0.29) is 12.1 Å². The lowest BCUT2D eigenvalue weighted by Crippen LogP contribution is -2.47. The van der Waals surface area contributed by atoms with Crippen LogP contribution < -0.4 is 5.73 Å². The lowest BCUT2D eigenvalue weighted by Gasteiger charge is -2.41. The van der Waals surface area contributed by atoms with Crippen molar-refractivity contribution in [3.63, 3.8) is 0 Å². The predicted octanol–water partition coefficient (Wildman–Crippen LogP) is 1.87. The number of nitrogens with zero attached hydrogens (tertiary/aromatic N) is 2. The molecule has 1 aromatic heterocycles. The number of aromatic nitrogens is 2. The summed E-state index contributed by atoms with van der Waals surface area (Å²) in [6.45, 7) is 3.54. The minimum atomic E-state index is -0.390. The third kappa shape index (κ3) is 2.22. The Balaban J connectivity index is 1.69. The molecule has 3 aliphatic rings. The monoisotopic (exact) mass is 291 g/mol. The van der Waals surface area contributed by atoms with Crippen LogP contribution in [0.5, 0.6) is 0 Å². The number of hydrogen-bond donors (Lipinski definition) is 1. The summed E-state index contributed by atoms with van der Waals surface area (Å²) in [5.74, 6) is 0.719. The van der Waals surface area contributed by atoms with Gasteiger partial charge in [0.25, 0.3) is 0 Å². The van der Waals surface area contributed by atoms with E-state index in [2.05, 4.69) is 11.5 Å². The molecule has 0 aromatic carbocycles. The van der Waals surface area contributed by atoms with Gasteiger partial charge in [-0.25, -0.2) is 4.98 Å². The van der Waals surface area contributed by atoms with E-state index in [1.54, 1.807) is 0 Å². The highest BCUT2D eigenvalue weighted by Gasteiger charge is 2.45. The molecule has 21 heavy (non-hydrogen) atoms. The summed E-state index contributed by atoms with van der Waals surface area (Å²) in [6.07, 6.45) is 7.50. The van der Waals surface area contributed by atoms with Crippen molar-refractivity contribution in [3.05, 3.63) is 17.2 Å². The van der Waals surface area contributed by atoms with Gasteiger partial charge in [-0.1, -0.05) is 0 Å². The van der Waals surface area contributed by atoms with Crippen LogP contribution in [0.1, 0.15) is 55.4 Å². The lowest BCUT2D eigenvalue weighted by molar-refractivity contribution is -0.187. The summed E-state index contributed by atoms with van der Waals surface area (Å²) in [4.78, 5) is 4.80. The summed E-state index contributed by atoms with van der Waals surface area (Å²) < 4.78 is 14.3. The van der Waals surface area contributed by atoms with Crippen LogP contribution in [0.25, 0.3) is 0 Å². The average molecular weight is 291 g/mol. The fourth-order valence-electron chi connectivity index (χ4n) is 4.33. The van der Waals surface area contributed by atoms with Crippen LogP contribution in [0.3, 0.4) is 0 Å². The van der Waals surface area contributed by atoms with Gasteiger partial charge in [0.1, 0.15) is 5.82 Å². The predicted molar refractivity (Wildman–Crippen MR) is 79.1 cm³/mol. The summed E-state index contributed by atoms with van der Waals surface area (Å²) in [7, 11) is 0. The van der Waals surface area contributed by atoms with Crippen molar-refractivity contribution in [2.24, 2.45) is 5.73 Å². The van der Waals surface area contributed by atoms with Crippen LogP contribution in [-0.4, -0.2) is 34.6 Å². The molecule has 2 unspecified atom stereocenters. The average Bonchev–Trinajstić information content (AvgIpc) is 3.06. The highest BCUT2D eigenvalue weighted by atomic mass is 16.7. The Bertz CT molecular complexity index is 534. The number of aryl methyl sites for hydroxylation is 2. The van der Waals surface area contributed by atoms with Crippen molar-refractivity contribution in [2.45, 2.75) is 69.7 Å². The van der Waals surface area contributed by atoms with Gasteiger partial charge in [0, 0.05) is 24.6 Å². The number of hydrogen-bond acceptors (Lipinski definition) is 4. The fraction of sp³-hybridized carbons (Fsp3) is 0.812. The number of imidazole rings is 1. The molecule has 5 heteroatoms. The Morgan fingerprint density at radius 3 is 2.81 bits per heavy atom. The Morgan fingerprint density at radius 1 is 1.24 bits per heavy atom. The molecule has 5 nitrogen and oxygen atoms in total. The first-order valence-electron chi connectivity index (χ1n) is 8.29. The molecule has 1 aliphatic heterocycles. The van der Waals surface area contributed by atoms with Crippen LogP contribution in [0.2, 0.25) is 0 Å². The number of nitrogens with two attached hydrogens (primary N) is 1. The maximum atomic E-state index is 6.46. The molecule has 1 spiro atoms. The van der Waals surface area contributed by atoms with E-state index >= 15 is 0 Å². The molecular weight excluding hydrogens is 266 g/mol. The Morgan fingerprint density at radius 2 is 2.00 bits per heavy atom. The molecule has 2 aliphatic carbocycles. The topological polar surface area (TPSA) is 62.3 Å². The van der Waals surface area contributed by atoms with Gasteiger partial charge in [0.2, 0.25) is 0 Å². The smallest absolute Gasteiger partial charge is 0.170 e. The second kappa shape index (κ2) is 5.07. The highest BCUT2D eigenvalue weighted by molar-refractivity contribution is 5.22. The second-order valence-electron chi connectivity index (χ2n) is 6.71. The first-order valence-corrected chi connectivity index (χ1v) is 8.29. The van der Waals surface area contributed by atoms with Crippen molar-refractivity contribution in [1.29, 1.82) is 0 Å². The van der Waals surface area contributed by atoms with Gasteiger partial charge in [-0.2, -0.15) is 0 Å². The number of fused-ring (bicyclic) bond motifs is 1. The normalized spacial score (nSPS) is 31.5. The summed E-state index contributed by atoms with van der Waals surface area (Å²) in [5, 5.41) is 0. The third-order valence-electron chi connectivity index (χ3n) is 5.36. The SMILES string of the molecule is Cc1nc2c(n1C1CC3(CCC1N)OCCO3)CCCC2. The molecule has 1 saturated carbocycles. The maximum Gasteiger partial charge on any atom is 0.170 e. The Kier molecular flexibility index (Phi) is 3.32. The first kappa shape index (κ1) is 13.7. The van der Waals surface area contributed by atoms with Crippen molar-refractivity contribution in [1.82, 2.24) is 9.55 Å². The molecule has 4 rings (SSSR count). The van der Waals surface area contributed by atoms with E-state index in [0.717, 1.165) is 37.9 Å². The van der Waals surface area contributed by atoms with Gasteiger partial charge in [-0.15, -0.1) is 0 Å². The molecule has 2 N–H and O–H groups in total. The largest absolute Gasteiger partial charge is 0.347 e. The first-order chi connectivity index (χ1) is 10.2. The van der Waals surface area contributed by atoms with Crippen LogP contribution >= 0.6 is 0 Å². The van der Waals surface area contributed by atoms with E-state index in [1.165, 1.54) is 24.2 Å². The molecule has 2 heterocycles. The van der Waals surface area contributed by atoms with Crippen molar-refractivity contribution in [3.8, 4) is 0 Å². The lowest BCUT2D eigenvalue weighted by atomic mass is 9.85. The molecule has 0 amide bonds. The fourth-order valence-corrected chi connectivity index (χ4v) is 4.33. The van der Waals surface area contributed by atoms with Crippen molar-refractivity contribution in [2.75, 3.05) is 13.2 Å². The molecule has 2 atom stereocenters. The molecule has 0 bridgehead atoms. The van der Waals surface area contributed by atoms with E-state index in [9.17, 15) is 0 Å². The summed E-state index contributed by atoms with van der Waals surface area (Å²) >= 11 is 0. The van der Waals surface area contributed by atoms with E-state index in [0.29, 0.717) is 13.2 Å². The zero-order valence-corrected chi connectivity index (χ0v) is 12.8. The highest BCUT2D eigenvalue weighted by Crippen LogP contribution is 2.42. The molecular formula is C16H25N3O2. The minimum absolute atomic E-state index is 0.169. The second-order valence-corrected chi connectivity index (χ2v) is 6.71. The van der Waals surface area contributed by atoms with Gasteiger partial charge >= 0.3 is 0 Å². The van der Waals surface area contributed by atoms with Crippen LogP contribution in [0.15, 0.2) is 0 Å². The quantitative estimate of drug-likeness (QED) is 0.858. The molecule has 0 radical (unpaired) electrons.